The van der Waals surface area contributed by atoms with Gasteiger partial charge in [-0.3, -0.25) is 4.79 Å². The lowest BCUT2D eigenvalue weighted by Gasteiger charge is -2.37. The third-order valence-corrected chi connectivity index (χ3v) is 3.89. The first-order chi connectivity index (χ1) is 9.16. The maximum atomic E-state index is 10.6. The summed E-state index contributed by atoms with van der Waals surface area (Å²) in [5.74, 6) is -0.714. The number of carboxylic acids is 1. The lowest BCUT2D eigenvalue weighted by Crippen LogP contribution is -2.44. The first-order valence-corrected chi connectivity index (χ1v) is 6.89. The van der Waals surface area contributed by atoms with Crippen molar-refractivity contribution in [3.05, 3.63) is 30.3 Å². The molecule has 0 unspecified atom stereocenters. The smallest absolute Gasteiger partial charge is 0.304 e. The van der Waals surface area contributed by atoms with Gasteiger partial charge in [-0.2, -0.15) is 0 Å². The number of piperidine rings is 1. The van der Waals surface area contributed by atoms with E-state index in [0.717, 1.165) is 25.9 Å². The summed E-state index contributed by atoms with van der Waals surface area (Å²) < 4.78 is 0. The molecule has 1 N–H and O–H groups in total. The van der Waals surface area contributed by atoms with Gasteiger partial charge in [0.05, 0.1) is 6.42 Å². The fourth-order valence-corrected chi connectivity index (χ4v) is 2.66. The van der Waals surface area contributed by atoms with Gasteiger partial charge in [0.1, 0.15) is 0 Å². The van der Waals surface area contributed by atoms with Crippen LogP contribution in [0, 0.1) is 0 Å². The minimum atomic E-state index is -0.714. The fraction of sp³-hybridized carbons (Fsp3) is 0.533. The van der Waals surface area contributed by atoms with E-state index in [1.165, 1.54) is 5.69 Å². The van der Waals surface area contributed by atoms with E-state index in [9.17, 15) is 4.79 Å². The molecule has 0 amide bonds. The van der Waals surface area contributed by atoms with Gasteiger partial charge in [-0.25, -0.2) is 0 Å². The molecule has 1 saturated heterocycles. The summed E-state index contributed by atoms with van der Waals surface area (Å²) in [7, 11) is 2.03. The number of anilines is 1. The molecule has 1 fully saturated rings. The molecule has 0 radical (unpaired) electrons. The SMILES string of the molecule is CN(CCC(=O)O)C1CCN(c2ccccc2)CC1. The normalized spacial score (nSPS) is 16.8. The zero-order valence-electron chi connectivity index (χ0n) is 11.5. The monoisotopic (exact) mass is 262 g/mol. The number of rotatable bonds is 5. The van der Waals surface area contributed by atoms with Crippen LogP contribution in [-0.4, -0.2) is 48.7 Å². The third kappa shape index (κ3) is 3.96. The van der Waals surface area contributed by atoms with Crippen molar-refractivity contribution < 1.29 is 9.90 Å². The van der Waals surface area contributed by atoms with Crippen LogP contribution in [0.1, 0.15) is 19.3 Å². The van der Waals surface area contributed by atoms with Crippen LogP contribution in [0.4, 0.5) is 5.69 Å². The van der Waals surface area contributed by atoms with Gasteiger partial charge in [0.15, 0.2) is 0 Å². The molecule has 1 aliphatic heterocycles. The van der Waals surface area contributed by atoms with E-state index in [4.69, 9.17) is 5.11 Å². The molecule has 0 saturated carbocycles. The second-order valence-electron chi connectivity index (χ2n) is 5.18. The Hall–Kier alpha value is -1.55. The second-order valence-corrected chi connectivity index (χ2v) is 5.18. The predicted octanol–water partition coefficient (Wildman–Crippen LogP) is 2.06. The van der Waals surface area contributed by atoms with Gasteiger partial charge in [0.2, 0.25) is 0 Å². The second kappa shape index (κ2) is 6.57. The van der Waals surface area contributed by atoms with E-state index in [2.05, 4.69) is 34.1 Å². The maximum absolute atomic E-state index is 10.6. The van der Waals surface area contributed by atoms with Crippen molar-refractivity contribution >= 4 is 11.7 Å². The van der Waals surface area contributed by atoms with Crippen molar-refractivity contribution in [3.63, 3.8) is 0 Å². The molecule has 2 rings (SSSR count). The van der Waals surface area contributed by atoms with E-state index in [0.29, 0.717) is 12.6 Å². The van der Waals surface area contributed by atoms with Crippen molar-refractivity contribution in [2.45, 2.75) is 25.3 Å². The molecule has 19 heavy (non-hydrogen) atoms. The summed E-state index contributed by atoms with van der Waals surface area (Å²) in [6, 6.07) is 11.0. The van der Waals surface area contributed by atoms with Crippen LogP contribution in [0.15, 0.2) is 30.3 Å². The van der Waals surface area contributed by atoms with Crippen LogP contribution in [0.2, 0.25) is 0 Å². The highest BCUT2D eigenvalue weighted by Gasteiger charge is 2.22. The number of benzene rings is 1. The summed E-state index contributed by atoms with van der Waals surface area (Å²) >= 11 is 0. The Morgan fingerprint density at radius 1 is 1.32 bits per heavy atom. The highest BCUT2D eigenvalue weighted by Crippen LogP contribution is 2.21. The van der Waals surface area contributed by atoms with E-state index in [-0.39, 0.29) is 6.42 Å². The molecule has 104 valence electrons. The molecule has 4 heteroatoms. The van der Waals surface area contributed by atoms with Crippen LogP contribution >= 0.6 is 0 Å². The lowest BCUT2D eigenvalue weighted by molar-refractivity contribution is -0.137. The summed E-state index contributed by atoms with van der Waals surface area (Å²) in [6.07, 6.45) is 2.44. The van der Waals surface area contributed by atoms with Crippen LogP contribution in [0.25, 0.3) is 0 Å². The van der Waals surface area contributed by atoms with E-state index >= 15 is 0 Å². The quantitative estimate of drug-likeness (QED) is 0.882. The van der Waals surface area contributed by atoms with Gasteiger partial charge in [0.25, 0.3) is 0 Å². The van der Waals surface area contributed by atoms with Gasteiger partial charge in [-0.1, -0.05) is 18.2 Å². The van der Waals surface area contributed by atoms with Crippen LogP contribution in [0.3, 0.4) is 0 Å². The Bertz CT molecular complexity index is 400. The van der Waals surface area contributed by atoms with Gasteiger partial charge in [-0.05, 0) is 32.0 Å². The van der Waals surface area contributed by atoms with Gasteiger partial charge < -0.3 is 14.9 Å². The molecule has 4 nitrogen and oxygen atoms in total. The number of hydrogen-bond acceptors (Lipinski definition) is 3. The van der Waals surface area contributed by atoms with Crippen molar-refractivity contribution in [1.29, 1.82) is 0 Å². The van der Waals surface area contributed by atoms with Crippen LogP contribution in [0.5, 0.6) is 0 Å². The first-order valence-electron chi connectivity index (χ1n) is 6.89. The Morgan fingerprint density at radius 2 is 1.95 bits per heavy atom. The van der Waals surface area contributed by atoms with Crippen LogP contribution < -0.4 is 4.90 Å². The highest BCUT2D eigenvalue weighted by molar-refractivity contribution is 5.66. The predicted molar refractivity (Wildman–Crippen MR) is 76.6 cm³/mol. The minimum Gasteiger partial charge on any atom is -0.481 e. The Kier molecular flexibility index (Phi) is 4.80. The molecule has 0 atom stereocenters. The van der Waals surface area contributed by atoms with E-state index < -0.39 is 5.97 Å². The first kappa shape index (κ1) is 13.9. The summed E-state index contributed by atoms with van der Waals surface area (Å²) in [5, 5.41) is 8.72. The average Bonchev–Trinajstić information content (AvgIpc) is 2.46. The maximum Gasteiger partial charge on any atom is 0.304 e. The molecule has 0 aromatic heterocycles. The topological polar surface area (TPSA) is 43.8 Å². The Morgan fingerprint density at radius 3 is 2.53 bits per heavy atom. The van der Waals surface area contributed by atoms with Crippen molar-refractivity contribution in [2.75, 3.05) is 31.6 Å². The standard InChI is InChI=1S/C15H22N2O2/c1-16(10-9-15(18)19)13-7-11-17(12-8-13)14-5-3-2-4-6-14/h2-6,13H,7-12H2,1H3,(H,18,19). The molecule has 0 aliphatic carbocycles. The number of nitrogens with zero attached hydrogens (tertiary/aromatic N) is 2. The number of para-hydroxylation sites is 1. The summed E-state index contributed by atoms with van der Waals surface area (Å²) in [6.45, 7) is 2.74. The number of aliphatic carboxylic acids is 1. The largest absolute Gasteiger partial charge is 0.481 e. The van der Waals surface area contributed by atoms with Crippen molar-refractivity contribution in [3.8, 4) is 0 Å². The van der Waals surface area contributed by atoms with E-state index in [1.807, 2.05) is 13.1 Å². The molecule has 0 spiro atoms. The highest BCUT2D eigenvalue weighted by atomic mass is 16.4. The number of carbonyl (C=O) groups is 1. The number of hydrogen-bond donors (Lipinski definition) is 1. The fourth-order valence-electron chi connectivity index (χ4n) is 2.66. The molecule has 1 aromatic carbocycles. The van der Waals surface area contributed by atoms with Gasteiger partial charge in [-0.15, -0.1) is 0 Å². The Labute approximate surface area is 114 Å². The molecule has 1 aromatic rings. The van der Waals surface area contributed by atoms with Gasteiger partial charge >= 0.3 is 5.97 Å². The molecular formula is C15H22N2O2. The van der Waals surface area contributed by atoms with Crippen LogP contribution in [-0.2, 0) is 4.79 Å². The lowest BCUT2D eigenvalue weighted by atomic mass is 10.0. The zero-order chi connectivity index (χ0) is 13.7. The zero-order valence-corrected chi connectivity index (χ0v) is 11.5. The van der Waals surface area contributed by atoms with Crippen molar-refractivity contribution in [1.82, 2.24) is 4.90 Å². The molecule has 1 heterocycles. The molecule has 1 aliphatic rings. The van der Waals surface area contributed by atoms with E-state index in [1.54, 1.807) is 0 Å². The van der Waals surface area contributed by atoms with Gasteiger partial charge in [0, 0.05) is 31.4 Å². The summed E-state index contributed by atoms with van der Waals surface area (Å²) in [4.78, 5) is 15.2. The average molecular weight is 262 g/mol. The molecular weight excluding hydrogens is 240 g/mol. The minimum absolute atomic E-state index is 0.232. The number of carboxylic acid groups (broad SMARTS) is 1. The summed E-state index contributed by atoms with van der Waals surface area (Å²) in [5.41, 5.74) is 1.29. The van der Waals surface area contributed by atoms with Crippen molar-refractivity contribution in [2.24, 2.45) is 0 Å². The molecule has 0 bridgehead atoms. The Balaban J connectivity index is 1.80. The third-order valence-electron chi connectivity index (χ3n) is 3.89.